The summed E-state index contributed by atoms with van der Waals surface area (Å²) in [5.74, 6) is -2.03. The molecule has 2 fully saturated rings. The van der Waals surface area contributed by atoms with E-state index in [9.17, 15) is 20.1 Å². The lowest BCUT2D eigenvalue weighted by molar-refractivity contribution is -0.128. The van der Waals surface area contributed by atoms with Gasteiger partial charge >= 0.3 is 0 Å². The van der Waals surface area contributed by atoms with E-state index in [0.29, 0.717) is 5.56 Å². The first-order valence-corrected chi connectivity index (χ1v) is 6.27. The molecule has 3 atom stereocenters. The predicted octanol–water partition coefficient (Wildman–Crippen LogP) is 1.22. The molecule has 0 radical (unpaired) electrons. The summed E-state index contributed by atoms with van der Waals surface area (Å²) >= 11 is 3.28. The van der Waals surface area contributed by atoms with Gasteiger partial charge in [0.05, 0.1) is 12.1 Å². The molecule has 1 saturated carbocycles. The summed E-state index contributed by atoms with van der Waals surface area (Å²) in [4.78, 5) is 23.8. The molecule has 0 aromatic heterocycles. The predicted molar refractivity (Wildman–Crippen MR) is 66.1 cm³/mol. The van der Waals surface area contributed by atoms with Crippen molar-refractivity contribution >= 4 is 27.7 Å². The van der Waals surface area contributed by atoms with Crippen molar-refractivity contribution in [3.8, 4) is 12.1 Å². The van der Waals surface area contributed by atoms with Crippen LogP contribution in [0.3, 0.4) is 0 Å². The van der Waals surface area contributed by atoms with Crippen molar-refractivity contribution in [3.63, 3.8) is 0 Å². The first-order chi connectivity index (χ1) is 9.04. The van der Waals surface area contributed by atoms with Gasteiger partial charge in [-0.25, -0.2) is 0 Å². The van der Waals surface area contributed by atoms with Crippen molar-refractivity contribution in [1.82, 2.24) is 5.32 Å². The van der Waals surface area contributed by atoms with Gasteiger partial charge in [0.15, 0.2) is 10.8 Å². The molecule has 5 nitrogen and oxygen atoms in total. The zero-order valence-electron chi connectivity index (χ0n) is 9.48. The van der Waals surface area contributed by atoms with Crippen LogP contribution in [0.25, 0.3) is 0 Å². The lowest BCUT2D eigenvalue weighted by Gasteiger charge is -2.07. The van der Waals surface area contributed by atoms with Gasteiger partial charge in [0.1, 0.15) is 0 Å². The molecule has 0 bridgehead atoms. The van der Waals surface area contributed by atoms with Gasteiger partial charge in [-0.3, -0.25) is 14.9 Å². The quantitative estimate of drug-likeness (QED) is 0.788. The Morgan fingerprint density at radius 3 is 1.95 bits per heavy atom. The Morgan fingerprint density at radius 1 is 1.05 bits per heavy atom. The van der Waals surface area contributed by atoms with Crippen LogP contribution in [-0.2, 0) is 9.59 Å². The molecule has 1 unspecified atom stereocenters. The van der Waals surface area contributed by atoms with Crippen molar-refractivity contribution in [3.05, 3.63) is 34.3 Å². The number of nitrogens with zero attached hydrogens (tertiary/aromatic N) is 2. The van der Waals surface area contributed by atoms with Crippen LogP contribution in [-0.4, -0.2) is 11.8 Å². The first kappa shape index (κ1) is 11.9. The third kappa shape index (κ3) is 1.08. The second-order valence-electron chi connectivity index (χ2n) is 4.61. The highest BCUT2D eigenvalue weighted by molar-refractivity contribution is 9.10. The van der Waals surface area contributed by atoms with Gasteiger partial charge in [-0.15, -0.1) is 0 Å². The van der Waals surface area contributed by atoms with Crippen LogP contribution >= 0.6 is 15.9 Å². The highest BCUT2D eigenvalue weighted by Crippen LogP contribution is 2.76. The van der Waals surface area contributed by atoms with Gasteiger partial charge in [-0.05, 0) is 17.7 Å². The fourth-order valence-electron chi connectivity index (χ4n) is 2.96. The van der Waals surface area contributed by atoms with Crippen molar-refractivity contribution in [2.45, 2.75) is 5.92 Å². The number of nitriles is 2. The molecule has 1 aliphatic heterocycles. The smallest absolute Gasteiger partial charge is 0.250 e. The van der Waals surface area contributed by atoms with Gasteiger partial charge in [-0.1, -0.05) is 28.1 Å². The number of imide groups is 1. The lowest BCUT2D eigenvalue weighted by Crippen LogP contribution is -2.31. The summed E-state index contributed by atoms with van der Waals surface area (Å²) < 4.78 is 0.842. The maximum Gasteiger partial charge on any atom is 0.250 e. The van der Waals surface area contributed by atoms with E-state index in [-0.39, 0.29) is 0 Å². The Hall–Kier alpha value is -2.18. The highest BCUT2D eigenvalue weighted by Gasteiger charge is 2.90. The van der Waals surface area contributed by atoms with Gasteiger partial charge < -0.3 is 0 Å². The number of rotatable bonds is 1. The average Bonchev–Trinajstić information content (AvgIpc) is 2.97. The molecule has 19 heavy (non-hydrogen) atoms. The van der Waals surface area contributed by atoms with Crippen LogP contribution in [0.5, 0.6) is 0 Å². The van der Waals surface area contributed by atoms with Crippen LogP contribution in [0.4, 0.5) is 0 Å². The van der Waals surface area contributed by atoms with Gasteiger partial charge in [0.25, 0.3) is 0 Å². The molecule has 1 aliphatic carbocycles. The van der Waals surface area contributed by atoms with E-state index < -0.39 is 28.6 Å². The van der Waals surface area contributed by atoms with Crippen molar-refractivity contribution in [1.29, 1.82) is 10.5 Å². The van der Waals surface area contributed by atoms with E-state index in [2.05, 4.69) is 21.2 Å². The Labute approximate surface area is 116 Å². The molecule has 1 aromatic rings. The first-order valence-electron chi connectivity index (χ1n) is 5.48. The van der Waals surface area contributed by atoms with Crippen molar-refractivity contribution in [2.24, 2.45) is 10.8 Å². The van der Waals surface area contributed by atoms with E-state index >= 15 is 0 Å². The molecule has 2 amide bonds. The Balaban J connectivity index is 2.18. The molecule has 1 saturated heterocycles. The van der Waals surface area contributed by atoms with Crippen LogP contribution in [0.1, 0.15) is 11.5 Å². The fourth-order valence-corrected chi connectivity index (χ4v) is 3.22. The number of fused-ring (bicyclic) bond motifs is 1. The number of carbonyl (C=O) groups excluding carboxylic acids is 2. The summed E-state index contributed by atoms with van der Waals surface area (Å²) in [7, 11) is 0. The second kappa shape index (κ2) is 3.43. The van der Waals surface area contributed by atoms with Crippen LogP contribution in [0, 0.1) is 33.5 Å². The SMILES string of the molecule is N#C[C@@]12C(=O)NC(=O)[C@]1(C#N)C2c1ccc(Br)cc1. The summed E-state index contributed by atoms with van der Waals surface area (Å²) in [6.07, 6.45) is 0. The Morgan fingerprint density at radius 2 is 1.53 bits per heavy atom. The summed E-state index contributed by atoms with van der Waals surface area (Å²) in [5.41, 5.74) is -2.51. The van der Waals surface area contributed by atoms with Crippen LogP contribution < -0.4 is 5.32 Å². The zero-order valence-corrected chi connectivity index (χ0v) is 11.1. The van der Waals surface area contributed by atoms with Gasteiger partial charge in [-0.2, -0.15) is 10.5 Å². The van der Waals surface area contributed by atoms with Crippen LogP contribution in [0.2, 0.25) is 0 Å². The molecule has 1 aromatic carbocycles. The maximum atomic E-state index is 11.9. The summed E-state index contributed by atoms with van der Waals surface area (Å²) in [6.45, 7) is 0. The van der Waals surface area contributed by atoms with Gasteiger partial charge in [0.2, 0.25) is 11.8 Å². The third-order valence-corrected chi connectivity index (χ3v) is 4.43. The lowest BCUT2D eigenvalue weighted by atomic mass is 9.98. The zero-order chi connectivity index (χ0) is 13.8. The molecule has 1 heterocycles. The molecular weight excluding hydrogens is 310 g/mol. The number of hydrogen-bond donors (Lipinski definition) is 1. The minimum atomic E-state index is -1.58. The summed E-state index contributed by atoms with van der Waals surface area (Å²) in [5, 5.41) is 20.7. The van der Waals surface area contributed by atoms with Crippen molar-refractivity contribution in [2.75, 3.05) is 0 Å². The Kier molecular flexibility index (Phi) is 2.15. The molecule has 3 rings (SSSR count). The number of halogens is 1. The summed E-state index contributed by atoms with van der Waals surface area (Å²) in [6, 6.07) is 10.7. The minimum absolute atomic E-state index is 0.648. The highest BCUT2D eigenvalue weighted by atomic mass is 79.9. The van der Waals surface area contributed by atoms with E-state index in [1.165, 1.54) is 0 Å². The number of hydrogen-bond acceptors (Lipinski definition) is 4. The number of nitrogens with one attached hydrogen (secondary N) is 1. The number of benzene rings is 1. The number of carbonyl (C=O) groups is 2. The fraction of sp³-hybridized carbons (Fsp3) is 0.231. The Bertz CT molecular complexity index is 662. The van der Waals surface area contributed by atoms with E-state index in [4.69, 9.17) is 0 Å². The largest absolute Gasteiger partial charge is 0.293 e. The third-order valence-electron chi connectivity index (χ3n) is 3.90. The standard InChI is InChI=1S/C13H6BrN3O2/c14-8-3-1-7(2-4-8)9-12(5-15)10(18)17-11(19)13(9,12)6-16/h1-4,9H,(H,17,18,19)/t9?,12-,13+. The number of piperidine rings is 1. The second-order valence-corrected chi connectivity index (χ2v) is 5.52. The van der Waals surface area contributed by atoms with E-state index in [1.807, 2.05) is 12.1 Å². The molecule has 6 heteroatoms. The van der Waals surface area contributed by atoms with Gasteiger partial charge in [0, 0.05) is 10.4 Å². The number of amides is 2. The molecule has 0 spiro atoms. The molecule has 1 N–H and O–H groups in total. The monoisotopic (exact) mass is 315 g/mol. The normalized spacial score (nSPS) is 35.0. The molecule has 92 valence electrons. The molecular formula is C13H6BrN3O2. The molecule has 2 aliphatic rings. The van der Waals surface area contributed by atoms with Crippen LogP contribution in [0.15, 0.2) is 28.7 Å². The average molecular weight is 316 g/mol. The van der Waals surface area contributed by atoms with E-state index in [0.717, 1.165) is 4.47 Å². The maximum absolute atomic E-state index is 11.9. The van der Waals surface area contributed by atoms with E-state index in [1.54, 1.807) is 24.3 Å². The van der Waals surface area contributed by atoms with Crippen molar-refractivity contribution < 1.29 is 9.59 Å². The topological polar surface area (TPSA) is 93.8 Å². The minimum Gasteiger partial charge on any atom is -0.293 e.